The number of carbonyl (C=O) groups excluding carboxylic acids is 1. The van der Waals surface area contributed by atoms with Gasteiger partial charge in [-0.2, -0.15) is 0 Å². The molecule has 2 aromatic rings. The number of hydrogen-bond donors (Lipinski definition) is 3. The van der Waals surface area contributed by atoms with Crippen molar-refractivity contribution in [2.75, 3.05) is 12.4 Å². The van der Waals surface area contributed by atoms with E-state index in [1.54, 1.807) is 7.05 Å². The zero-order valence-corrected chi connectivity index (χ0v) is 19.0. The maximum atomic E-state index is 12.1. The first-order valence-corrected chi connectivity index (χ1v) is 9.61. The number of benzene rings is 2. The Balaban J connectivity index is 0.00000280. The third-order valence-corrected chi connectivity index (χ3v) is 5.13. The van der Waals surface area contributed by atoms with Crippen molar-refractivity contribution in [2.45, 2.75) is 32.4 Å². The van der Waals surface area contributed by atoms with Gasteiger partial charge in [0.05, 0.1) is 0 Å². The number of guanidine groups is 1. The molecule has 1 fully saturated rings. The first-order valence-electron chi connectivity index (χ1n) is 9.23. The van der Waals surface area contributed by atoms with E-state index in [1.165, 1.54) is 0 Å². The molecule has 1 aliphatic rings. The van der Waals surface area contributed by atoms with E-state index in [-0.39, 0.29) is 35.8 Å². The van der Waals surface area contributed by atoms with E-state index >= 15 is 0 Å². The average Bonchev–Trinajstić information content (AvgIpc) is 2.62. The fourth-order valence-electron chi connectivity index (χ4n) is 2.90. The molecule has 0 unspecified atom stereocenters. The lowest BCUT2D eigenvalue weighted by atomic mass is 9.85. The van der Waals surface area contributed by atoms with Crippen LogP contribution >= 0.6 is 35.6 Å². The SMILES string of the molecule is CN=C(NCc1cccc(NC(=O)C2CCC2)c1)NCc1ccccc1Cl.I. The zero-order chi connectivity index (χ0) is 19.1. The number of carbonyl (C=O) groups is 1. The van der Waals surface area contributed by atoms with E-state index in [0.29, 0.717) is 19.0 Å². The molecule has 1 aliphatic carbocycles. The maximum absolute atomic E-state index is 12.1. The molecule has 0 heterocycles. The van der Waals surface area contributed by atoms with Gasteiger partial charge in [-0.15, -0.1) is 24.0 Å². The van der Waals surface area contributed by atoms with E-state index in [0.717, 1.165) is 41.1 Å². The van der Waals surface area contributed by atoms with Crippen molar-refractivity contribution >= 4 is 53.1 Å². The molecule has 0 aromatic heterocycles. The van der Waals surface area contributed by atoms with Gasteiger partial charge < -0.3 is 16.0 Å². The minimum atomic E-state index is 0. The lowest BCUT2D eigenvalue weighted by Gasteiger charge is -2.24. The third-order valence-electron chi connectivity index (χ3n) is 4.76. The summed E-state index contributed by atoms with van der Waals surface area (Å²) in [6, 6.07) is 15.6. The number of anilines is 1. The molecule has 1 saturated carbocycles. The number of amides is 1. The summed E-state index contributed by atoms with van der Waals surface area (Å²) in [6.45, 7) is 1.20. The van der Waals surface area contributed by atoms with Crippen molar-refractivity contribution in [3.8, 4) is 0 Å². The van der Waals surface area contributed by atoms with Gasteiger partial charge in [0.15, 0.2) is 5.96 Å². The average molecular weight is 513 g/mol. The molecular weight excluding hydrogens is 487 g/mol. The van der Waals surface area contributed by atoms with Crippen molar-refractivity contribution < 1.29 is 4.79 Å². The van der Waals surface area contributed by atoms with Gasteiger partial charge in [0, 0.05) is 36.8 Å². The summed E-state index contributed by atoms with van der Waals surface area (Å²) in [5, 5.41) is 10.3. The molecule has 0 spiro atoms. The van der Waals surface area contributed by atoms with E-state index in [1.807, 2.05) is 48.5 Å². The summed E-state index contributed by atoms with van der Waals surface area (Å²) in [6.07, 6.45) is 3.16. The molecule has 7 heteroatoms. The first-order chi connectivity index (χ1) is 13.2. The molecule has 28 heavy (non-hydrogen) atoms. The summed E-state index contributed by atoms with van der Waals surface area (Å²) < 4.78 is 0. The molecule has 0 radical (unpaired) electrons. The van der Waals surface area contributed by atoms with Crippen LogP contribution in [0.25, 0.3) is 0 Å². The number of halogens is 2. The molecule has 5 nitrogen and oxygen atoms in total. The van der Waals surface area contributed by atoms with Crippen molar-refractivity contribution in [2.24, 2.45) is 10.9 Å². The quantitative estimate of drug-likeness (QED) is 0.302. The van der Waals surface area contributed by atoms with Crippen LogP contribution in [0.3, 0.4) is 0 Å². The molecule has 0 bridgehead atoms. The largest absolute Gasteiger partial charge is 0.352 e. The van der Waals surface area contributed by atoms with Gasteiger partial charge in [0.25, 0.3) is 0 Å². The van der Waals surface area contributed by atoms with Gasteiger partial charge in [-0.25, -0.2) is 0 Å². The number of hydrogen-bond acceptors (Lipinski definition) is 2. The molecular formula is C21H26ClIN4O. The van der Waals surface area contributed by atoms with Gasteiger partial charge in [-0.05, 0) is 42.2 Å². The van der Waals surface area contributed by atoms with E-state index in [2.05, 4.69) is 20.9 Å². The van der Waals surface area contributed by atoms with Crippen LogP contribution in [-0.4, -0.2) is 18.9 Å². The maximum Gasteiger partial charge on any atom is 0.227 e. The monoisotopic (exact) mass is 512 g/mol. The summed E-state index contributed by atoms with van der Waals surface area (Å²) in [5.41, 5.74) is 2.93. The van der Waals surface area contributed by atoms with Crippen LogP contribution in [-0.2, 0) is 17.9 Å². The summed E-state index contributed by atoms with van der Waals surface area (Å²) in [4.78, 5) is 16.3. The second-order valence-electron chi connectivity index (χ2n) is 6.69. The van der Waals surface area contributed by atoms with Gasteiger partial charge in [0.1, 0.15) is 0 Å². The number of nitrogens with zero attached hydrogens (tertiary/aromatic N) is 1. The van der Waals surface area contributed by atoms with E-state index in [9.17, 15) is 4.79 Å². The first kappa shape index (κ1) is 22.5. The van der Waals surface area contributed by atoms with Crippen LogP contribution < -0.4 is 16.0 Å². The Bertz CT molecular complexity index is 824. The van der Waals surface area contributed by atoms with Crippen LogP contribution in [0.2, 0.25) is 5.02 Å². The second kappa shape index (κ2) is 11.3. The highest BCUT2D eigenvalue weighted by Gasteiger charge is 2.25. The Morgan fingerprint density at radius 1 is 1.11 bits per heavy atom. The smallest absolute Gasteiger partial charge is 0.227 e. The number of aliphatic imine (C=N–C) groups is 1. The van der Waals surface area contributed by atoms with Gasteiger partial charge in [-0.3, -0.25) is 9.79 Å². The Morgan fingerprint density at radius 2 is 1.86 bits per heavy atom. The minimum Gasteiger partial charge on any atom is -0.352 e. The van der Waals surface area contributed by atoms with Crippen LogP contribution in [0.1, 0.15) is 30.4 Å². The highest BCUT2D eigenvalue weighted by Crippen LogP contribution is 2.27. The molecule has 0 saturated heterocycles. The van der Waals surface area contributed by atoms with Crippen molar-refractivity contribution in [3.63, 3.8) is 0 Å². The van der Waals surface area contributed by atoms with E-state index < -0.39 is 0 Å². The van der Waals surface area contributed by atoms with Gasteiger partial charge >= 0.3 is 0 Å². The Hall–Kier alpha value is -1.80. The highest BCUT2D eigenvalue weighted by molar-refractivity contribution is 14.0. The third kappa shape index (κ3) is 6.38. The summed E-state index contributed by atoms with van der Waals surface area (Å²) >= 11 is 6.18. The predicted molar refractivity (Wildman–Crippen MR) is 126 cm³/mol. The normalized spacial score (nSPS) is 13.9. The number of rotatable bonds is 6. The summed E-state index contributed by atoms with van der Waals surface area (Å²) in [5.74, 6) is 1.00. The van der Waals surface area contributed by atoms with Crippen LogP contribution in [0, 0.1) is 5.92 Å². The molecule has 2 aromatic carbocycles. The summed E-state index contributed by atoms with van der Waals surface area (Å²) in [7, 11) is 1.73. The standard InChI is InChI=1S/C21H25ClN4O.HI/c1-23-21(25-14-17-7-2-3-11-19(17)22)24-13-15-6-4-10-18(12-15)26-20(27)16-8-5-9-16;/h2-4,6-7,10-12,16H,5,8-9,13-14H2,1H3,(H,26,27)(H2,23,24,25);1H. The fourth-order valence-corrected chi connectivity index (χ4v) is 3.10. The zero-order valence-electron chi connectivity index (χ0n) is 15.9. The minimum absolute atomic E-state index is 0. The van der Waals surface area contributed by atoms with Gasteiger partial charge in [0.2, 0.25) is 5.91 Å². The Morgan fingerprint density at radius 3 is 2.54 bits per heavy atom. The molecule has 0 aliphatic heterocycles. The topological polar surface area (TPSA) is 65.5 Å². The lowest BCUT2D eigenvalue weighted by Crippen LogP contribution is -2.36. The van der Waals surface area contributed by atoms with Crippen molar-refractivity contribution in [3.05, 3.63) is 64.7 Å². The van der Waals surface area contributed by atoms with Crippen LogP contribution in [0.15, 0.2) is 53.5 Å². The highest BCUT2D eigenvalue weighted by atomic mass is 127. The van der Waals surface area contributed by atoms with Crippen molar-refractivity contribution in [1.29, 1.82) is 0 Å². The molecule has 3 rings (SSSR count). The predicted octanol–water partition coefficient (Wildman–Crippen LogP) is 4.56. The fraction of sp³-hybridized carbons (Fsp3) is 0.333. The molecule has 0 atom stereocenters. The molecule has 150 valence electrons. The number of nitrogens with one attached hydrogen (secondary N) is 3. The molecule has 3 N–H and O–H groups in total. The van der Waals surface area contributed by atoms with Crippen LogP contribution in [0.4, 0.5) is 5.69 Å². The molecule has 1 amide bonds. The Kier molecular flexibility index (Phi) is 9.05. The van der Waals surface area contributed by atoms with Crippen molar-refractivity contribution in [1.82, 2.24) is 10.6 Å². The van der Waals surface area contributed by atoms with Gasteiger partial charge in [-0.1, -0.05) is 48.4 Å². The second-order valence-corrected chi connectivity index (χ2v) is 7.10. The lowest BCUT2D eigenvalue weighted by molar-refractivity contribution is -0.122. The van der Waals surface area contributed by atoms with E-state index in [4.69, 9.17) is 11.6 Å². The van der Waals surface area contributed by atoms with Crippen LogP contribution in [0.5, 0.6) is 0 Å². The Labute approximate surface area is 188 Å².